The zero-order valence-electron chi connectivity index (χ0n) is 12.2. The Morgan fingerprint density at radius 1 is 1.09 bits per heavy atom. The van der Waals surface area contributed by atoms with E-state index in [0.29, 0.717) is 39.3 Å². The lowest BCUT2D eigenvalue weighted by Crippen LogP contribution is -2.50. The standard InChI is InChI=1S/C15H19F3N2O2/c16-15(17,18)12-14(21)20-8-6-19(7-9-20)10-11-22-13-4-2-1-3-5-13/h1-5H,6-12H2. The fourth-order valence-electron chi connectivity index (χ4n) is 2.31. The summed E-state index contributed by atoms with van der Waals surface area (Å²) in [5.41, 5.74) is 0. The van der Waals surface area contributed by atoms with Gasteiger partial charge in [0.2, 0.25) is 5.91 Å². The SMILES string of the molecule is O=C(CC(F)(F)F)N1CCN(CCOc2ccccc2)CC1. The molecule has 0 bridgehead atoms. The molecular weight excluding hydrogens is 297 g/mol. The molecule has 2 rings (SSSR count). The average Bonchev–Trinajstić information content (AvgIpc) is 2.47. The number of rotatable bonds is 5. The van der Waals surface area contributed by atoms with Crippen LogP contribution in [0, 0.1) is 0 Å². The van der Waals surface area contributed by atoms with Gasteiger partial charge < -0.3 is 9.64 Å². The molecule has 1 saturated heterocycles. The zero-order chi connectivity index (χ0) is 16.0. The molecule has 0 aliphatic carbocycles. The summed E-state index contributed by atoms with van der Waals surface area (Å²) in [6.07, 6.45) is -5.80. The molecule has 1 fully saturated rings. The Morgan fingerprint density at radius 2 is 1.73 bits per heavy atom. The number of halogens is 3. The highest BCUT2D eigenvalue weighted by atomic mass is 19.4. The molecule has 0 aromatic heterocycles. The smallest absolute Gasteiger partial charge is 0.397 e. The second-order valence-corrected chi connectivity index (χ2v) is 5.18. The molecule has 1 aromatic carbocycles. The van der Waals surface area contributed by atoms with E-state index in [1.54, 1.807) is 0 Å². The molecule has 0 atom stereocenters. The Bertz CT molecular complexity index is 471. The van der Waals surface area contributed by atoms with Crippen LogP contribution in [0.3, 0.4) is 0 Å². The normalized spacial score (nSPS) is 16.6. The minimum absolute atomic E-state index is 0.334. The van der Waals surface area contributed by atoms with Gasteiger partial charge in [-0.15, -0.1) is 0 Å². The second-order valence-electron chi connectivity index (χ2n) is 5.18. The highest BCUT2D eigenvalue weighted by molar-refractivity contribution is 5.76. The predicted molar refractivity (Wildman–Crippen MR) is 75.6 cm³/mol. The van der Waals surface area contributed by atoms with Crippen molar-refractivity contribution in [3.8, 4) is 5.75 Å². The molecule has 0 spiro atoms. The second kappa shape index (κ2) is 7.49. The molecule has 0 saturated carbocycles. The Labute approximate surface area is 127 Å². The number of carbonyl (C=O) groups is 1. The van der Waals surface area contributed by atoms with Crippen LogP contribution < -0.4 is 4.74 Å². The van der Waals surface area contributed by atoms with Crippen molar-refractivity contribution < 1.29 is 22.7 Å². The number of alkyl halides is 3. The monoisotopic (exact) mass is 316 g/mol. The van der Waals surface area contributed by atoms with Crippen LogP contribution in [-0.4, -0.2) is 61.2 Å². The maximum absolute atomic E-state index is 12.2. The highest BCUT2D eigenvalue weighted by Crippen LogP contribution is 2.21. The maximum atomic E-state index is 12.2. The number of piperazine rings is 1. The molecule has 1 amide bonds. The van der Waals surface area contributed by atoms with Gasteiger partial charge in [-0.05, 0) is 12.1 Å². The van der Waals surface area contributed by atoms with Crippen molar-refractivity contribution in [2.24, 2.45) is 0 Å². The van der Waals surface area contributed by atoms with Gasteiger partial charge >= 0.3 is 6.18 Å². The lowest BCUT2D eigenvalue weighted by Gasteiger charge is -2.34. The molecule has 122 valence electrons. The topological polar surface area (TPSA) is 32.8 Å². The van der Waals surface area contributed by atoms with Crippen LogP contribution in [-0.2, 0) is 4.79 Å². The molecular formula is C15H19F3N2O2. The minimum atomic E-state index is -4.43. The fourth-order valence-corrected chi connectivity index (χ4v) is 2.31. The molecule has 1 aliphatic heterocycles. The van der Waals surface area contributed by atoms with Crippen LogP contribution >= 0.6 is 0 Å². The first-order chi connectivity index (χ1) is 10.4. The van der Waals surface area contributed by atoms with Crippen LogP contribution in [0.4, 0.5) is 13.2 Å². The third-order valence-electron chi connectivity index (χ3n) is 3.50. The quantitative estimate of drug-likeness (QED) is 0.834. The van der Waals surface area contributed by atoms with E-state index in [1.165, 1.54) is 4.90 Å². The van der Waals surface area contributed by atoms with Crippen LogP contribution in [0.5, 0.6) is 5.75 Å². The average molecular weight is 316 g/mol. The van der Waals surface area contributed by atoms with E-state index in [2.05, 4.69) is 4.90 Å². The van der Waals surface area contributed by atoms with Gasteiger partial charge in [0.25, 0.3) is 0 Å². The number of para-hydroxylation sites is 1. The Balaban J connectivity index is 1.66. The van der Waals surface area contributed by atoms with Crippen molar-refractivity contribution >= 4 is 5.91 Å². The zero-order valence-corrected chi connectivity index (χ0v) is 12.2. The van der Waals surface area contributed by atoms with E-state index in [-0.39, 0.29) is 0 Å². The van der Waals surface area contributed by atoms with Crippen molar-refractivity contribution in [1.82, 2.24) is 9.80 Å². The van der Waals surface area contributed by atoms with Gasteiger partial charge in [-0.3, -0.25) is 9.69 Å². The highest BCUT2D eigenvalue weighted by Gasteiger charge is 2.34. The molecule has 1 heterocycles. The molecule has 0 N–H and O–H groups in total. The van der Waals surface area contributed by atoms with Gasteiger partial charge in [0, 0.05) is 32.7 Å². The van der Waals surface area contributed by atoms with Crippen LogP contribution in [0.15, 0.2) is 30.3 Å². The molecule has 0 radical (unpaired) electrons. The number of benzene rings is 1. The van der Waals surface area contributed by atoms with Gasteiger partial charge in [0.1, 0.15) is 18.8 Å². The Hall–Kier alpha value is -1.76. The maximum Gasteiger partial charge on any atom is 0.397 e. The van der Waals surface area contributed by atoms with E-state index in [9.17, 15) is 18.0 Å². The number of carbonyl (C=O) groups excluding carboxylic acids is 1. The summed E-state index contributed by atoms with van der Waals surface area (Å²) in [5, 5.41) is 0. The van der Waals surface area contributed by atoms with Crippen molar-refractivity contribution in [1.29, 1.82) is 0 Å². The van der Waals surface area contributed by atoms with E-state index in [1.807, 2.05) is 30.3 Å². The van der Waals surface area contributed by atoms with Gasteiger partial charge in [0.15, 0.2) is 0 Å². The molecule has 22 heavy (non-hydrogen) atoms. The third kappa shape index (κ3) is 5.55. The Kier molecular flexibility index (Phi) is 5.65. The van der Waals surface area contributed by atoms with E-state index >= 15 is 0 Å². The van der Waals surface area contributed by atoms with Crippen molar-refractivity contribution in [3.05, 3.63) is 30.3 Å². The summed E-state index contributed by atoms with van der Waals surface area (Å²) in [6.45, 7) is 3.01. The summed E-state index contributed by atoms with van der Waals surface area (Å²) in [5.74, 6) is -0.0471. The number of amides is 1. The minimum Gasteiger partial charge on any atom is -0.492 e. The largest absolute Gasteiger partial charge is 0.492 e. The molecule has 7 heteroatoms. The lowest BCUT2D eigenvalue weighted by atomic mass is 10.2. The van der Waals surface area contributed by atoms with Crippen LogP contribution in [0.2, 0.25) is 0 Å². The first kappa shape index (κ1) is 16.6. The first-order valence-corrected chi connectivity index (χ1v) is 7.19. The summed E-state index contributed by atoms with van der Waals surface area (Å²) in [6, 6.07) is 9.42. The van der Waals surface area contributed by atoms with Gasteiger partial charge in [-0.1, -0.05) is 18.2 Å². The summed E-state index contributed by atoms with van der Waals surface area (Å²) >= 11 is 0. The van der Waals surface area contributed by atoms with Gasteiger partial charge in [-0.2, -0.15) is 13.2 Å². The van der Waals surface area contributed by atoms with E-state index in [0.717, 1.165) is 5.75 Å². The number of ether oxygens (including phenoxy) is 1. The lowest BCUT2D eigenvalue weighted by molar-refractivity contribution is -0.162. The van der Waals surface area contributed by atoms with E-state index in [4.69, 9.17) is 4.74 Å². The Morgan fingerprint density at radius 3 is 2.32 bits per heavy atom. The summed E-state index contributed by atoms with van der Waals surface area (Å²) < 4.78 is 42.2. The van der Waals surface area contributed by atoms with Crippen molar-refractivity contribution in [2.75, 3.05) is 39.3 Å². The fraction of sp³-hybridized carbons (Fsp3) is 0.533. The van der Waals surface area contributed by atoms with Crippen LogP contribution in [0.25, 0.3) is 0 Å². The van der Waals surface area contributed by atoms with E-state index < -0.39 is 18.5 Å². The van der Waals surface area contributed by atoms with Gasteiger partial charge in [0.05, 0.1) is 0 Å². The summed E-state index contributed by atoms with van der Waals surface area (Å²) in [7, 11) is 0. The van der Waals surface area contributed by atoms with Crippen molar-refractivity contribution in [3.63, 3.8) is 0 Å². The molecule has 1 aliphatic rings. The first-order valence-electron chi connectivity index (χ1n) is 7.19. The molecule has 1 aromatic rings. The number of nitrogens with zero attached hydrogens (tertiary/aromatic N) is 2. The predicted octanol–water partition coefficient (Wildman–Crippen LogP) is 2.16. The number of hydrogen-bond donors (Lipinski definition) is 0. The van der Waals surface area contributed by atoms with Gasteiger partial charge in [-0.25, -0.2) is 0 Å². The number of hydrogen-bond acceptors (Lipinski definition) is 3. The summed E-state index contributed by atoms with van der Waals surface area (Å²) in [4.78, 5) is 14.8. The van der Waals surface area contributed by atoms with Crippen LogP contribution in [0.1, 0.15) is 6.42 Å². The van der Waals surface area contributed by atoms with Crippen molar-refractivity contribution in [2.45, 2.75) is 12.6 Å². The molecule has 0 unspecified atom stereocenters. The molecule has 4 nitrogen and oxygen atoms in total. The third-order valence-corrected chi connectivity index (χ3v) is 3.50.